The van der Waals surface area contributed by atoms with Crippen LogP contribution in [-0.2, 0) is 6.54 Å². The molecule has 2 aromatic rings. The largest absolute Gasteiger partial charge is 0.490 e. The zero-order valence-corrected chi connectivity index (χ0v) is 15.3. The molecule has 25 heavy (non-hydrogen) atoms. The van der Waals surface area contributed by atoms with Crippen molar-refractivity contribution in [2.75, 3.05) is 6.61 Å². The Labute approximate surface area is 151 Å². The molecule has 3 rings (SSSR count). The Hall–Kier alpha value is -2.00. The van der Waals surface area contributed by atoms with Crippen LogP contribution in [0.1, 0.15) is 56.7 Å². The first kappa shape index (κ1) is 17.8. The molecule has 3 nitrogen and oxygen atoms in total. The summed E-state index contributed by atoms with van der Waals surface area (Å²) in [6, 6.07) is 17.1. The summed E-state index contributed by atoms with van der Waals surface area (Å²) in [6.45, 7) is 5.66. The van der Waals surface area contributed by atoms with Crippen LogP contribution in [0.2, 0.25) is 0 Å². The molecule has 0 bridgehead atoms. The molecule has 1 aliphatic carbocycles. The minimum absolute atomic E-state index is 0.311. The van der Waals surface area contributed by atoms with Gasteiger partial charge in [-0.1, -0.05) is 36.4 Å². The number of benzene rings is 2. The maximum atomic E-state index is 6.16. The summed E-state index contributed by atoms with van der Waals surface area (Å²) in [4.78, 5) is 0. The smallest absolute Gasteiger partial charge is 0.161 e. The van der Waals surface area contributed by atoms with Crippen molar-refractivity contribution in [3.63, 3.8) is 0 Å². The molecular weight excluding hydrogens is 310 g/mol. The topological polar surface area (TPSA) is 30.5 Å². The van der Waals surface area contributed by atoms with E-state index in [4.69, 9.17) is 9.47 Å². The third kappa shape index (κ3) is 4.99. The normalized spacial score (nSPS) is 15.9. The Kier molecular flexibility index (Phi) is 6.35. The Bertz CT molecular complexity index is 650. The monoisotopic (exact) mass is 339 g/mol. The van der Waals surface area contributed by atoms with E-state index in [-0.39, 0.29) is 0 Å². The van der Waals surface area contributed by atoms with Crippen LogP contribution in [0.5, 0.6) is 11.5 Å². The first-order valence-corrected chi connectivity index (χ1v) is 9.47. The molecule has 1 saturated carbocycles. The minimum atomic E-state index is 0.311. The van der Waals surface area contributed by atoms with E-state index in [1.165, 1.54) is 24.0 Å². The van der Waals surface area contributed by atoms with Crippen molar-refractivity contribution >= 4 is 0 Å². The lowest BCUT2D eigenvalue weighted by molar-refractivity contribution is 0.196. The Balaban J connectivity index is 1.64. The van der Waals surface area contributed by atoms with Gasteiger partial charge < -0.3 is 14.8 Å². The van der Waals surface area contributed by atoms with Crippen LogP contribution in [0.3, 0.4) is 0 Å². The number of hydrogen-bond acceptors (Lipinski definition) is 3. The Morgan fingerprint density at radius 3 is 2.52 bits per heavy atom. The van der Waals surface area contributed by atoms with E-state index in [0.717, 1.165) is 30.9 Å². The molecule has 134 valence electrons. The lowest BCUT2D eigenvalue weighted by Crippen LogP contribution is -2.18. The molecule has 1 unspecified atom stereocenters. The van der Waals surface area contributed by atoms with Gasteiger partial charge in [-0.15, -0.1) is 0 Å². The van der Waals surface area contributed by atoms with E-state index >= 15 is 0 Å². The van der Waals surface area contributed by atoms with Gasteiger partial charge in [-0.2, -0.15) is 0 Å². The molecule has 0 amide bonds. The van der Waals surface area contributed by atoms with Crippen molar-refractivity contribution in [2.45, 2.75) is 58.2 Å². The molecule has 0 saturated heterocycles. The number of nitrogens with one attached hydrogen (secondary N) is 1. The highest BCUT2D eigenvalue weighted by atomic mass is 16.5. The van der Waals surface area contributed by atoms with Gasteiger partial charge in [-0.05, 0) is 62.8 Å². The van der Waals surface area contributed by atoms with Crippen LogP contribution in [0, 0.1) is 0 Å². The van der Waals surface area contributed by atoms with Crippen LogP contribution in [-0.4, -0.2) is 12.7 Å². The maximum absolute atomic E-state index is 6.16. The van der Waals surface area contributed by atoms with Crippen molar-refractivity contribution in [1.82, 2.24) is 5.32 Å². The highest BCUT2D eigenvalue weighted by molar-refractivity contribution is 5.43. The minimum Gasteiger partial charge on any atom is -0.490 e. The van der Waals surface area contributed by atoms with Crippen LogP contribution < -0.4 is 14.8 Å². The molecule has 2 aromatic carbocycles. The number of hydrogen-bond donors (Lipinski definition) is 1. The summed E-state index contributed by atoms with van der Waals surface area (Å²) in [7, 11) is 0. The van der Waals surface area contributed by atoms with Crippen molar-refractivity contribution in [2.24, 2.45) is 0 Å². The molecule has 1 fully saturated rings. The van der Waals surface area contributed by atoms with Gasteiger partial charge in [0, 0.05) is 12.6 Å². The molecule has 1 aliphatic rings. The molecule has 3 heteroatoms. The van der Waals surface area contributed by atoms with E-state index in [0.29, 0.717) is 18.8 Å². The van der Waals surface area contributed by atoms with Gasteiger partial charge in [0.1, 0.15) is 0 Å². The average molecular weight is 339 g/mol. The van der Waals surface area contributed by atoms with Crippen molar-refractivity contribution in [1.29, 1.82) is 0 Å². The van der Waals surface area contributed by atoms with Gasteiger partial charge in [0.05, 0.1) is 12.7 Å². The highest BCUT2D eigenvalue weighted by Gasteiger charge is 2.18. The summed E-state index contributed by atoms with van der Waals surface area (Å²) in [6.07, 6.45) is 5.20. The lowest BCUT2D eigenvalue weighted by Gasteiger charge is -2.18. The van der Waals surface area contributed by atoms with E-state index < -0.39 is 0 Å². The predicted molar refractivity (Wildman–Crippen MR) is 102 cm³/mol. The van der Waals surface area contributed by atoms with Gasteiger partial charge in [0.2, 0.25) is 0 Å². The zero-order valence-electron chi connectivity index (χ0n) is 15.3. The van der Waals surface area contributed by atoms with Crippen molar-refractivity contribution in [3.05, 3.63) is 59.7 Å². The molecule has 0 spiro atoms. The van der Waals surface area contributed by atoms with Crippen molar-refractivity contribution < 1.29 is 9.47 Å². The maximum Gasteiger partial charge on any atom is 0.161 e. The number of rotatable bonds is 8. The second kappa shape index (κ2) is 8.91. The van der Waals surface area contributed by atoms with Gasteiger partial charge in [-0.25, -0.2) is 0 Å². The fraction of sp³-hybridized carbons (Fsp3) is 0.455. The Morgan fingerprint density at radius 2 is 1.80 bits per heavy atom. The molecule has 0 aliphatic heterocycles. The van der Waals surface area contributed by atoms with Gasteiger partial charge >= 0.3 is 0 Å². The van der Waals surface area contributed by atoms with E-state index in [9.17, 15) is 0 Å². The lowest BCUT2D eigenvalue weighted by atomic mass is 10.1. The first-order valence-electron chi connectivity index (χ1n) is 9.47. The predicted octanol–water partition coefficient (Wildman–Crippen LogP) is 5.26. The standard InChI is InChI=1S/C22H29NO2/c1-3-24-22-15-18(13-14-21(22)25-20-11-7-8-12-20)16-23-17(2)19-9-5-4-6-10-19/h4-6,9-10,13-15,17,20,23H,3,7-8,11-12,16H2,1-2H3. The molecule has 1 atom stereocenters. The fourth-order valence-corrected chi connectivity index (χ4v) is 3.34. The molecule has 0 aromatic heterocycles. The van der Waals surface area contributed by atoms with Crippen LogP contribution >= 0.6 is 0 Å². The second-order valence-electron chi connectivity index (χ2n) is 6.75. The summed E-state index contributed by atoms with van der Waals surface area (Å²) >= 11 is 0. The average Bonchev–Trinajstić information content (AvgIpc) is 3.15. The van der Waals surface area contributed by atoms with Gasteiger partial charge in [0.25, 0.3) is 0 Å². The molecular formula is C22H29NO2. The van der Waals surface area contributed by atoms with Gasteiger partial charge in [-0.3, -0.25) is 0 Å². The number of ether oxygens (including phenoxy) is 2. The van der Waals surface area contributed by atoms with Crippen molar-refractivity contribution in [3.8, 4) is 11.5 Å². The van der Waals surface area contributed by atoms with Crippen LogP contribution in [0.25, 0.3) is 0 Å². The highest BCUT2D eigenvalue weighted by Crippen LogP contribution is 2.32. The van der Waals surface area contributed by atoms with E-state index in [1.54, 1.807) is 0 Å². The van der Waals surface area contributed by atoms with Crippen LogP contribution in [0.15, 0.2) is 48.5 Å². The summed E-state index contributed by atoms with van der Waals surface area (Å²) in [5.74, 6) is 1.75. The summed E-state index contributed by atoms with van der Waals surface area (Å²) in [5, 5.41) is 3.58. The molecule has 0 radical (unpaired) electrons. The molecule has 1 N–H and O–H groups in total. The Morgan fingerprint density at radius 1 is 1.04 bits per heavy atom. The van der Waals surface area contributed by atoms with E-state index in [2.05, 4.69) is 54.7 Å². The first-order chi connectivity index (χ1) is 12.3. The quantitative estimate of drug-likeness (QED) is 0.712. The summed E-state index contributed by atoms with van der Waals surface area (Å²) < 4.78 is 12.0. The van der Waals surface area contributed by atoms with Gasteiger partial charge in [0.15, 0.2) is 11.5 Å². The molecule has 0 heterocycles. The third-order valence-corrected chi connectivity index (χ3v) is 4.82. The third-order valence-electron chi connectivity index (χ3n) is 4.82. The fourth-order valence-electron chi connectivity index (χ4n) is 3.34. The van der Waals surface area contributed by atoms with Crippen LogP contribution in [0.4, 0.5) is 0 Å². The van der Waals surface area contributed by atoms with E-state index in [1.807, 2.05) is 13.0 Å². The zero-order chi connectivity index (χ0) is 17.5. The second-order valence-corrected chi connectivity index (χ2v) is 6.75. The SMILES string of the molecule is CCOc1cc(CNC(C)c2ccccc2)ccc1OC1CCCC1. The summed E-state index contributed by atoms with van der Waals surface area (Å²) in [5.41, 5.74) is 2.51.